The number of carboxylic acid groups (broad SMARTS) is 1. The van der Waals surface area contributed by atoms with E-state index >= 15 is 0 Å². The summed E-state index contributed by atoms with van der Waals surface area (Å²) in [5.41, 5.74) is 1.42. The van der Waals surface area contributed by atoms with Crippen molar-refractivity contribution < 1.29 is 14.7 Å². The van der Waals surface area contributed by atoms with E-state index < -0.39 is 5.97 Å². The van der Waals surface area contributed by atoms with Crippen molar-refractivity contribution in [3.63, 3.8) is 0 Å². The SMILES string of the molecule is CC(C)CC(CC(=O)O)NC(=O)CCCCCCCCCc1ccccc1. The Hall–Kier alpha value is -1.84. The zero-order chi connectivity index (χ0) is 19.9. The van der Waals surface area contributed by atoms with Gasteiger partial charge in [-0.1, -0.05) is 76.3 Å². The Morgan fingerprint density at radius 1 is 0.926 bits per heavy atom. The molecule has 1 aromatic rings. The highest BCUT2D eigenvalue weighted by Crippen LogP contribution is 2.12. The highest BCUT2D eigenvalue weighted by atomic mass is 16.4. The van der Waals surface area contributed by atoms with Crippen LogP contribution >= 0.6 is 0 Å². The number of aliphatic carboxylic acids is 1. The number of aryl methyl sites for hydroxylation is 1. The molecule has 0 aliphatic carbocycles. The van der Waals surface area contributed by atoms with Gasteiger partial charge in [0.2, 0.25) is 5.91 Å². The van der Waals surface area contributed by atoms with E-state index in [2.05, 4.69) is 35.6 Å². The molecule has 0 heterocycles. The Kier molecular flexibility index (Phi) is 12.2. The van der Waals surface area contributed by atoms with E-state index in [4.69, 9.17) is 5.11 Å². The van der Waals surface area contributed by atoms with Crippen LogP contribution in [-0.4, -0.2) is 23.0 Å². The van der Waals surface area contributed by atoms with Crippen molar-refractivity contribution in [3.05, 3.63) is 35.9 Å². The van der Waals surface area contributed by atoms with Gasteiger partial charge in [-0.25, -0.2) is 0 Å². The van der Waals surface area contributed by atoms with Crippen LogP contribution in [0.2, 0.25) is 0 Å². The maximum absolute atomic E-state index is 12.0. The molecule has 27 heavy (non-hydrogen) atoms. The van der Waals surface area contributed by atoms with Crippen molar-refractivity contribution in [2.24, 2.45) is 5.92 Å². The predicted molar refractivity (Wildman–Crippen MR) is 111 cm³/mol. The van der Waals surface area contributed by atoms with Crippen LogP contribution in [-0.2, 0) is 16.0 Å². The second-order valence-corrected chi connectivity index (χ2v) is 7.95. The number of nitrogens with one attached hydrogen (secondary N) is 1. The molecule has 152 valence electrons. The number of carbonyl (C=O) groups excluding carboxylic acids is 1. The molecule has 1 unspecified atom stereocenters. The zero-order valence-electron chi connectivity index (χ0n) is 17.1. The number of carboxylic acids is 1. The molecule has 0 spiro atoms. The Morgan fingerprint density at radius 2 is 1.52 bits per heavy atom. The van der Waals surface area contributed by atoms with Gasteiger partial charge in [-0.2, -0.15) is 0 Å². The van der Waals surface area contributed by atoms with Gasteiger partial charge in [0.15, 0.2) is 0 Å². The molecule has 1 rings (SSSR count). The fourth-order valence-corrected chi connectivity index (χ4v) is 3.42. The minimum atomic E-state index is -0.854. The lowest BCUT2D eigenvalue weighted by Gasteiger charge is -2.18. The van der Waals surface area contributed by atoms with E-state index in [1.165, 1.54) is 37.7 Å². The molecule has 0 fully saturated rings. The molecule has 1 amide bonds. The van der Waals surface area contributed by atoms with Crippen LogP contribution in [0.25, 0.3) is 0 Å². The third-order valence-corrected chi connectivity index (χ3v) is 4.75. The van der Waals surface area contributed by atoms with Crippen molar-refractivity contribution in [3.8, 4) is 0 Å². The number of carbonyl (C=O) groups is 2. The summed E-state index contributed by atoms with van der Waals surface area (Å²) < 4.78 is 0. The fraction of sp³-hybridized carbons (Fsp3) is 0.652. The lowest BCUT2D eigenvalue weighted by Crippen LogP contribution is -2.37. The van der Waals surface area contributed by atoms with Gasteiger partial charge in [-0.15, -0.1) is 0 Å². The summed E-state index contributed by atoms with van der Waals surface area (Å²) in [4.78, 5) is 22.9. The van der Waals surface area contributed by atoms with Crippen molar-refractivity contribution in [2.75, 3.05) is 0 Å². The maximum atomic E-state index is 12.0. The molecule has 4 heteroatoms. The van der Waals surface area contributed by atoms with Gasteiger partial charge in [0.1, 0.15) is 0 Å². The van der Waals surface area contributed by atoms with Crippen LogP contribution in [0.15, 0.2) is 30.3 Å². The quantitative estimate of drug-likeness (QED) is 0.406. The number of amides is 1. The number of rotatable bonds is 15. The molecule has 0 bridgehead atoms. The van der Waals surface area contributed by atoms with Crippen molar-refractivity contribution in [1.82, 2.24) is 5.32 Å². The minimum Gasteiger partial charge on any atom is -0.481 e. The van der Waals surface area contributed by atoms with Crippen molar-refractivity contribution in [2.45, 2.75) is 90.5 Å². The van der Waals surface area contributed by atoms with E-state index in [9.17, 15) is 9.59 Å². The Balaban J connectivity index is 2.01. The average molecular weight is 376 g/mol. The summed E-state index contributed by atoms with van der Waals surface area (Å²) >= 11 is 0. The van der Waals surface area contributed by atoms with Crippen molar-refractivity contribution in [1.29, 1.82) is 0 Å². The zero-order valence-corrected chi connectivity index (χ0v) is 17.1. The number of hydrogen-bond acceptors (Lipinski definition) is 2. The monoisotopic (exact) mass is 375 g/mol. The molecule has 0 saturated heterocycles. The topological polar surface area (TPSA) is 66.4 Å². The molecule has 2 N–H and O–H groups in total. The molecule has 0 aromatic heterocycles. The lowest BCUT2D eigenvalue weighted by atomic mass is 10.0. The van der Waals surface area contributed by atoms with Gasteiger partial charge >= 0.3 is 5.97 Å². The fourth-order valence-electron chi connectivity index (χ4n) is 3.42. The smallest absolute Gasteiger partial charge is 0.305 e. The summed E-state index contributed by atoms with van der Waals surface area (Å²) in [6.07, 6.45) is 10.5. The van der Waals surface area contributed by atoms with Gasteiger partial charge in [-0.3, -0.25) is 9.59 Å². The third-order valence-electron chi connectivity index (χ3n) is 4.75. The molecule has 4 nitrogen and oxygen atoms in total. The van der Waals surface area contributed by atoms with Gasteiger partial charge in [0, 0.05) is 12.5 Å². The highest BCUT2D eigenvalue weighted by molar-refractivity contribution is 5.77. The molecule has 0 radical (unpaired) electrons. The molecule has 0 saturated carbocycles. The Labute approximate surface area is 164 Å². The molecule has 0 aliphatic rings. The Bertz CT molecular complexity index is 528. The summed E-state index contributed by atoms with van der Waals surface area (Å²) in [6, 6.07) is 10.4. The molecule has 0 aliphatic heterocycles. The molecule has 1 aromatic carbocycles. The third kappa shape index (κ3) is 13.0. The highest BCUT2D eigenvalue weighted by Gasteiger charge is 2.17. The van der Waals surface area contributed by atoms with E-state index in [1.807, 2.05) is 13.8 Å². The normalized spacial score (nSPS) is 12.1. The Morgan fingerprint density at radius 3 is 2.11 bits per heavy atom. The first-order chi connectivity index (χ1) is 13.0. The largest absolute Gasteiger partial charge is 0.481 e. The van der Waals surface area contributed by atoms with Gasteiger partial charge in [-0.05, 0) is 37.2 Å². The predicted octanol–water partition coefficient (Wildman–Crippen LogP) is 5.36. The lowest BCUT2D eigenvalue weighted by molar-refractivity contribution is -0.137. The van der Waals surface area contributed by atoms with E-state index in [0.717, 1.165) is 19.3 Å². The van der Waals surface area contributed by atoms with Gasteiger partial charge < -0.3 is 10.4 Å². The second kappa shape index (κ2) is 14.2. The first-order valence-electron chi connectivity index (χ1n) is 10.5. The number of unbranched alkanes of at least 4 members (excludes halogenated alkanes) is 6. The van der Waals surface area contributed by atoms with Crippen molar-refractivity contribution >= 4 is 11.9 Å². The molecule has 1 atom stereocenters. The van der Waals surface area contributed by atoms with Gasteiger partial charge in [0.25, 0.3) is 0 Å². The van der Waals surface area contributed by atoms with Gasteiger partial charge in [0.05, 0.1) is 6.42 Å². The van der Waals surface area contributed by atoms with Crippen LogP contribution in [0.1, 0.15) is 83.6 Å². The second-order valence-electron chi connectivity index (χ2n) is 7.95. The van der Waals surface area contributed by atoms with E-state index in [0.29, 0.717) is 18.8 Å². The first kappa shape index (κ1) is 23.2. The minimum absolute atomic E-state index is 0.00685. The van der Waals surface area contributed by atoms with Crippen LogP contribution in [0, 0.1) is 5.92 Å². The summed E-state index contributed by atoms with van der Waals surface area (Å²) in [7, 11) is 0. The van der Waals surface area contributed by atoms with Crippen LogP contribution in [0.3, 0.4) is 0 Å². The van der Waals surface area contributed by atoms with E-state index in [1.54, 1.807) is 0 Å². The molecular weight excluding hydrogens is 338 g/mol. The summed E-state index contributed by atoms with van der Waals surface area (Å²) in [5.74, 6) is -0.491. The summed E-state index contributed by atoms with van der Waals surface area (Å²) in [5, 5.41) is 11.9. The average Bonchev–Trinajstić information content (AvgIpc) is 2.60. The van der Waals surface area contributed by atoms with Crippen LogP contribution in [0.5, 0.6) is 0 Å². The van der Waals surface area contributed by atoms with Crippen LogP contribution < -0.4 is 5.32 Å². The number of hydrogen-bond donors (Lipinski definition) is 2. The van der Waals surface area contributed by atoms with E-state index in [-0.39, 0.29) is 18.4 Å². The maximum Gasteiger partial charge on any atom is 0.305 e. The standard InChI is InChI=1S/C23H37NO3/c1-19(2)17-21(18-23(26)27)24-22(25)16-12-7-5-3-4-6-9-13-20-14-10-8-11-15-20/h8,10-11,14-15,19,21H,3-7,9,12-13,16-18H2,1-2H3,(H,24,25)(H,26,27). The summed E-state index contributed by atoms with van der Waals surface area (Å²) in [6.45, 7) is 4.09. The number of benzene rings is 1. The van der Waals surface area contributed by atoms with Crippen LogP contribution in [0.4, 0.5) is 0 Å². The first-order valence-corrected chi connectivity index (χ1v) is 10.5. The molecular formula is C23H37NO3.